The lowest BCUT2D eigenvalue weighted by atomic mass is 9.97. The zero-order valence-corrected chi connectivity index (χ0v) is 17.7. The first-order valence-electron chi connectivity index (χ1n) is 10.3. The molecule has 2 aliphatic heterocycles. The summed E-state index contributed by atoms with van der Waals surface area (Å²) in [4.78, 5) is 0. The van der Waals surface area contributed by atoms with Crippen molar-refractivity contribution in [2.24, 2.45) is 0 Å². The van der Waals surface area contributed by atoms with Crippen LogP contribution in [0.5, 0.6) is 0 Å². The second-order valence-corrected chi connectivity index (χ2v) is 8.27. The molecule has 2 heterocycles. The van der Waals surface area contributed by atoms with Crippen molar-refractivity contribution in [1.82, 2.24) is 0 Å². The number of aryl methyl sites for hydroxylation is 2. The van der Waals surface area contributed by atoms with Gasteiger partial charge in [0, 0.05) is 0 Å². The van der Waals surface area contributed by atoms with Crippen LogP contribution in [0, 0.1) is 13.8 Å². The number of nitrogens with one attached hydrogen (secondary N) is 2. The average molecular weight is 460 g/mol. The van der Waals surface area contributed by atoms with Crippen LogP contribution in [-0.4, -0.2) is 115 Å². The smallest absolute Gasteiger partial charge is 0.157 e. The minimum Gasteiger partial charge on any atom is -0.394 e. The summed E-state index contributed by atoms with van der Waals surface area (Å²) in [6.07, 6.45) is -13.7. The summed E-state index contributed by atoms with van der Waals surface area (Å²) < 4.78 is 11.0. The standard InChI is InChI=1S/C20H32N2O10/c1-7-3-9(21-19-17(29)15(27)13(25)11(5-23)31-19)10(4-8(7)2)22-20-18(30)16(28)14(26)12(6-24)32-20/h3-4,11-30H,5-6H2,1-2H3/t11-,12+,13-,14+,15+,16-,17-,18+,19-,20+. The maximum absolute atomic E-state index is 10.3. The number of ether oxygens (including phenoxy) is 2. The van der Waals surface area contributed by atoms with E-state index in [-0.39, 0.29) is 0 Å². The molecule has 0 spiro atoms. The van der Waals surface area contributed by atoms with Crippen molar-refractivity contribution in [3.05, 3.63) is 23.3 Å². The zero-order valence-electron chi connectivity index (χ0n) is 17.7. The molecular weight excluding hydrogens is 428 g/mol. The molecule has 10 atom stereocenters. The summed E-state index contributed by atoms with van der Waals surface area (Å²) in [5.41, 5.74) is 2.46. The predicted octanol–water partition coefficient (Wildman–Crippen LogP) is -3.27. The first kappa shape index (κ1) is 25.1. The van der Waals surface area contributed by atoms with Gasteiger partial charge in [-0.3, -0.25) is 0 Å². The summed E-state index contributed by atoms with van der Waals surface area (Å²) in [5.74, 6) is 0. The molecule has 3 rings (SSSR count). The molecule has 0 bridgehead atoms. The second kappa shape index (κ2) is 10.1. The second-order valence-electron chi connectivity index (χ2n) is 8.27. The van der Waals surface area contributed by atoms with Gasteiger partial charge in [0.25, 0.3) is 0 Å². The normalized spacial score (nSPS) is 40.2. The van der Waals surface area contributed by atoms with E-state index >= 15 is 0 Å². The highest BCUT2D eigenvalue weighted by Gasteiger charge is 2.45. The first-order valence-corrected chi connectivity index (χ1v) is 10.3. The van der Waals surface area contributed by atoms with E-state index in [2.05, 4.69) is 10.6 Å². The predicted molar refractivity (Wildman–Crippen MR) is 111 cm³/mol. The molecule has 1 aromatic carbocycles. The van der Waals surface area contributed by atoms with Gasteiger partial charge in [0.2, 0.25) is 0 Å². The number of aliphatic hydroxyl groups excluding tert-OH is 8. The van der Waals surface area contributed by atoms with Crippen LogP contribution < -0.4 is 10.6 Å². The van der Waals surface area contributed by atoms with E-state index in [4.69, 9.17) is 9.47 Å². The van der Waals surface area contributed by atoms with Gasteiger partial charge < -0.3 is 61.0 Å². The third-order valence-corrected chi connectivity index (χ3v) is 6.01. The summed E-state index contributed by atoms with van der Waals surface area (Å²) in [6, 6.07) is 3.42. The molecule has 2 aliphatic rings. The van der Waals surface area contributed by atoms with Crippen LogP contribution in [0.1, 0.15) is 11.1 Å². The maximum atomic E-state index is 10.3. The minimum absolute atomic E-state index is 0.370. The van der Waals surface area contributed by atoms with E-state index in [9.17, 15) is 40.9 Å². The lowest BCUT2D eigenvalue weighted by Gasteiger charge is -2.42. The molecule has 10 N–H and O–H groups in total. The molecule has 12 nitrogen and oxygen atoms in total. The monoisotopic (exact) mass is 460 g/mol. The molecule has 0 aromatic heterocycles. The Balaban J connectivity index is 1.86. The molecule has 0 saturated carbocycles. The van der Waals surface area contributed by atoms with Crippen molar-refractivity contribution in [1.29, 1.82) is 0 Å². The number of rotatable bonds is 6. The van der Waals surface area contributed by atoms with Gasteiger partial charge >= 0.3 is 0 Å². The molecule has 2 fully saturated rings. The van der Waals surface area contributed by atoms with Crippen molar-refractivity contribution in [3.63, 3.8) is 0 Å². The van der Waals surface area contributed by atoms with Crippen molar-refractivity contribution in [2.45, 2.75) is 75.1 Å². The lowest BCUT2D eigenvalue weighted by Crippen LogP contribution is -2.61. The van der Waals surface area contributed by atoms with E-state index in [1.54, 1.807) is 12.1 Å². The number of anilines is 2. The van der Waals surface area contributed by atoms with Crippen LogP contribution in [0.4, 0.5) is 11.4 Å². The zero-order chi connectivity index (χ0) is 23.7. The van der Waals surface area contributed by atoms with E-state index in [0.717, 1.165) is 11.1 Å². The van der Waals surface area contributed by atoms with E-state index < -0.39 is 74.5 Å². The largest absolute Gasteiger partial charge is 0.394 e. The fourth-order valence-corrected chi connectivity index (χ4v) is 3.80. The van der Waals surface area contributed by atoms with E-state index in [1.165, 1.54) is 0 Å². The Kier molecular flexibility index (Phi) is 7.93. The number of aliphatic hydroxyl groups is 8. The molecule has 32 heavy (non-hydrogen) atoms. The molecule has 12 heteroatoms. The molecule has 0 aliphatic carbocycles. The fourth-order valence-electron chi connectivity index (χ4n) is 3.80. The minimum atomic E-state index is -1.56. The molecule has 1 aromatic rings. The van der Waals surface area contributed by atoms with Gasteiger partial charge in [-0.1, -0.05) is 0 Å². The summed E-state index contributed by atoms with van der Waals surface area (Å²) in [6.45, 7) is 2.52. The number of hydrogen-bond acceptors (Lipinski definition) is 12. The highest BCUT2D eigenvalue weighted by atomic mass is 16.6. The van der Waals surface area contributed by atoms with Crippen molar-refractivity contribution < 1.29 is 50.3 Å². The fraction of sp³-hybridized carbons (Fsp3) is 0.700. The van der Waals surface area contributed by atoms with Crippen LogP contribution in [0.15, 0.2) is 12.1 Å². The van der Waals surface area contributed by atoms with Gasteiger partial charge in [0.1, 0.15) is 48.8 Å². The summed E-state index contributed by atoms with van der Waals surface area (Å²) in [7, 11) is 0. The lowest BCUT2D eigenvalue weighted by molar-refractivity contribution is -0.222. The van der Waals surface area contributed by atoms with Gasteiger partial charge in [-0.25, -0.2) is 0 Å². The van der Waals surface area contributed by atoms with Gasteiger partial charge in [-0.2, -0.15) is 0 Å². The number of benzene rings is 1. The molecule has 0 unspecified atom stereocenters. The van der Waals surface area contributed by atoms with E-state index in [1.807, 2.05) is 13.8 Å². The van der Waals surface area contributed by atoms with Crippen LogP contribution in [0.25, 0.3) is 0 Å². The average Bonchev–Trinajstić information content (AvgIpc) is 2.77. The summed E-state index contributed by atoms with van der Waals surface area (Å²) in [5, 5.41) is 85.3. The van der Waals surface area contributed by atoms with Crippen LogP contribution in [0.3, 0.4) is 0 Å². The van der Waals surface area contributed by atoms with Gasteiger partial charge in [0.05, 0.1) is 24.6 Å². The summed E-state index contributed by atoms with van der Waals surface area (Å²) >= 11 is 0. The topological polar surface area (TPSA) is 204 Å². The van der Waals surface area contributed by atoms with Gasteiger partial charge in [0.15, 0.2) is 12.5 Å². The molecule has 0 amide bonds. The molecule has 2 saturated heterocycles. The third-order valence-electron chi connectivity index (χ3n) is 6.01. The van der Waals surface area contributed by atoms with Gasteiger partial charge in [-0.15, -0.1) is 0 Å². The Bertz CT molecular complexity index is 716. The van der Waals surface area contributed by atoms with Crippen LogP contribution >= 0.6 is 0 Å². The molecular formula is C20H32N2O10. The molecule has 0 radical (unpaired) electrons. The highest BCUT2D eigenvalue weighted by Crippen LogP contribution is 2.32. The Morgan fingerprint density at radius 3 is 1.28 bits per heavy atom. The highest BCUT2D eigenvalue weighted by molar-refractivity contribution is 5.71. The first-order chi connectivity index (χ1) is 15.1. The van der Waals surface area contributed by atoms with E-state index in [0.29, 0.717) is 11.4 Å². The Morgan fingerprint density at radius 2 is 0.969 bits per heavy atom. The molecule has 182 valence electrons. The Labute approximate surface area is 184 Å². The SMILES string of the molecule is Cc1cc(N[C@@H]2O[C@H](CO)[C@@H](O)[C@H](O)[C@H]2O)c(N[C@H]2O[C@@H](CO)[C@H](O)[C@@H](O)[C@@H]2O)cc1C. The Hall–Kier alpha value is -1.58. The van der Waals surface area contributed by atoms with Crippen molar-refractivity contribution in [3.8, 4) is 0 Å². The van der Waals surface area contributed by atoms with Crippen molar-refractivity contribution in [2.75, 3.05) is 23.8 Å². The van der Waals surface area contributed by atoms with Gasteiger partial charge in [-0.05, 0) is 37.1 Å². The quantitative estimate of drug-likeness (QED) is 0.203. The Morgan fingerprint density at radius 1 is 0.625 bits per heavy atom. The maximum Gasteiger partial charge on any atom is 0.157 e. The van der Waals surface area contributed by atoms with Crippen molar-refractivity contribution >= 4 is 11.4 Å². The van der Waals surface area contributed by atoms with Crippen LogP contribution in [0.2, 0.25) is 0 Å². The number of hydrogen-bond donors (Lipinski definition) is 10. The third kappa shape index (κ3) is 4.84. The van der Waals surface area contributed by atoms with Crippen LogP contribution in [-0.2, 0) is 9.47 Å².